The number of carbonyl (C=O) groups is 1. The van der Waals surface area contributed by atoms with Crippen LogP contribution in [-0.4, -0.2) is 11.1 Å². The van der Waals surface area contributed by atoms with Crippen molar-refractivity contribution >= 4 is 12.0 Å². The molecule has 0 amide bonds. The maximum atomic E-state index is 10.8. The highest BCUT2D eigenvalue weighted by Crippen LogP contribution is 2.21. The second kappa shape index (κ2) is 5.85. The minimum Gasteiger partial charge on any atom is -0.478 e. The Bertz CT molecular complexity index is 689. The second-order valence-electron chi connectivity index (χ2n) is 4.44. The minimum atomic E-state index is -0.916. The Hall–Kier alpha value is -2.86. The van der Waals surface area contributed by atoms with Gasteiger partial charge < -0.3 is 5.11 Å². The van der Waals surface area contributed by atoms with Gasteiger partial charge in [0.25, 0.3) is 0 Å². The van der Waals surface area contributed by atoms with E-state index >= 15 is 0 Å². The number of rotatable bonds is 3. The van der Waals surface area contributed by atoms with Crippen LogP contribution in [0.2, 0.25) is 0 Å². The number of benzene rings is 2. The molecule has 0 aromatic heterocycles. The van der Waals surface area contributed by atoms with E-state index in [1.54, 1.807) is 25.1 Å². The molecular weight excluding hydrogens is 250 g/mol. The summed E-state index contributed by atoms with van der Waals surface area (Å²) in [5.41, 5.74) is 3.83. The molecule has 0 atom stereocenters. The van der Waals surface area contributed by atoms with Gasteiger partial charge in [-0.3, -0.25) is 0 Å². The lowest BCUT2D eigenvalue weighted by Crippen LogP contribution is -1.95. The number of aliphatic carboxylic acids is 1. The highest BCUT2D eigenvalue weighted by molar-refractivity contribution is 5.91. The van der Waals surface area contributed by atoms with Crippen molar-refractivity contribution in [2.24, 2.45) is 0 Å². The van der Waals surface area contributed by atoms with Crippen molar-refractivity contribution in [2.45, 2.75) is 6.92 Å². The monoisotopic (exact) mass is 263 g/mol. The molecule has 2 rings (SSSR count). The standard InChI is InChI=1S/C17H13NO2/c1-12(17(19)20)10-13-2-6-15(7-3-13)16-8-4-14(11-18)5-9-16/h2-10H,1H3,(H,19,20). The Morgan fingerprint density at radius 3 is 2.00 bits per heavy atom. The van der Waals surface area contributed by atoms with E-state index < -0.39 is 5.97 Å². The molecule has 3 nitrogen and oxygen atoms in total. The summed E-state index contributed by atoms with van der Waals surface area (Å²) in [6.45, 7) is 1.57. The molecule has 20 heavy (non-hydrogen) atoms. The second-order valence-corrected chi connectivity index (χ2v) is 4.44. The topological polar surface area (TPSA) is 61.1 Å². The van der Waals surface area contributed by atoms with E-state index in [2.05, 4.69) is 6.07 Å². The molecule has 0 fully saturated rings. The van der Waals surface area contributed by atoms with Gasteiger partial charge in [-0.1, -0.05) is 36.4 Å². The molecule has 0 aliphatic rings. The Labute approximate surface area is 117 Å². The fourth-order valence-corrected chi connectivity index (χ4v) is 1.82. The smallest absolute Gasteiger partial charge is 0.331 e. The van der Waals surface area contributed by atoms with E-state index in [9.17, 15) is 4.79 Å². The third-order valence-corrected chi connectivity index (χ3v) is 2.98. The van der Waals surface area contributed by atoms with Crippen LogP contribution in [0.3, 0.4) is 0 Å². The molecule has 3 heteroatoms. The zero-order chi connectivity index (χ0) is 14.5. The Kier molecular flexibility index (Phi) is 3.97. The summed E-state index contributed by atoms with van der Waals surface area (Å²) in [5, 5.41) is 17.6. The molecule has 0 radical (unpaired) electrons. The van der Waals surface area contributed by atoms with E-state index in [-0.39, 0.29) is 0 Å². The van der Waals surface area contributed by atoms with E-state index in [0.717, 1.165) is 16.7 Å². The molecule has 98 valence electrons. The van der Waals surface area contributed by atoms with Gasteiger partial charge in [0.15, 0.2) is 0 Å². The van der Waals surface area contributed by atoms with E-state index in [1.165, 1.54) is 0 Å². The van der Waals surface area contributed by atoms with E-state index in [0.29, 0.717) is 11.1 Å². The third-order valence-electron chi connectivity index (χ3n) is 2.98. The van der Waals surface area contributed by atoms with Gasteiger partial charge in [-0.2, -0.15) is 5.26 Å². The average Bonchev–Trinajstić information content (AvgIpc) is 2.48. The first kappa shape index (κ1) is 13.6. The molecule has 2 aromatic rings. The first-order valence-corrected chi connectivity index (χ1v) is 6.12. The van der Waals surface area contributed by atoms with E-state index in [4.69, 9.17) is 10.4 Å². The van der Waals surface area contributed by atoms with Crippen molar-refractivity contribution in [3.05, 3.63) is 65.2 Å². The summed E-state index contributed by atoms with van der Waals surface area (Å²) in [6.07, 6.45) is 1.63. The summed E-state index contributed by atoms with van der Waals surface area (Å²) < 4.78 is 0. The van der Waals surface area contributed by atoms with Crippen molar-refractivity contribution in [3.8, 4) is 17.2 Å². The zero-order valence-electron chi connectivity index (χ0n) is 11.0. The molecule has 0 aliphatic carbocycles. The summed E-state index contributed by atoms with van der Waals surface area (Å²) >= 11 is 0. The molecule has 1 N–H and O–H groups in total. The third kappa shape index (κ3) is 3.12. The van der Waals surface area contributed by atoms with Crippen LogP contribution in [0.1, 0.15) is 18.1 Å². The predicted octanol–water partition coefficient (Wildman–Crippen LogP) is 3.71. The molecular formula is C17H13NO2. The van der Waals surface area contributed by atoms with Gasteiger partial charge in [0.2, 0.25) is 0 Å². The van der Waals surface area contributed by atoms with Crippen LogP contribution < -0.4 is 0 Å². The largest absolute Gasteiger partial charge is 0.478 e. The first-order chi connectivity index (χ1) is 9.60. The SMILES string of the molecule is CC(=Cc1ccc(-c2ccc(C#N)cc2)cc1)C(=O)O. The highest BCUT2D eigenvalue weighted by atomic mass is 16.4. The molecule has 0 bridgehead atoms. The van der Waals surface area contributed by atoms with Gasteiger partial charge in [-0.15, -0.1) is 0 Å². The maximum Gasteiger partial charge on any atom is 0.331 e. The lowest BCUT2D eigenvalue weighted by molar-refractivity contribution is -0.132. The fraction of sp³-hybridized carbons (Fsp3) is 0.0588. The summed E-state index contributed by atoms with van der Waals surface area (Å²) in [5.74, 6) is -0.916. The summed E-state index contributed by atoms with van der Waals surface area (Å²) in [7, 11) is 0. The van der Waals surface area contributed by atoms with Crippen LogP contribution in [0.4, 0.5) is 0 Å². The fourth-order valence-electron chi connectivity index (χ4n) is 1.82. The Morgan fingerprint density at radius 1 is 1.05 bits per heavy atom. The van der Waals surface area contributed by atoms with Crippen LogP contribution in [0, 0.1) is 11.3 Å². The van der Waals surface area contributed by atoms with Crippen LogP contribution in [-0.2, 0) is 4.79 Å². The zero-order valence-corrected chi connectivity index (χ0v) is 11.0. The van der Waals surface area contributed by atoms with Gasteiger partial charge >= 0.3 is 5.97 Å². The number of hydrogen-bond acceptors (Lipinski definition) is 2. The van der Waals surface area contributed by atoms with Gasteiger partial charge in [0.05, 0.1) is 11.6 Å². The van der Waals surface area contributed by atoms with Crippen molar-refractivity contribution < 1.29 is 9.90 Å². The lowest BCUT2D eigenvalue weighted by atomic mass is 10.0. The molecule has 0 saturated heterocycles. The first-order valence-electron chi connectivity index (χ1n) is 6.12. The van der Waals surface area contributed by atoms with Crippen molar-refractivity contribution in [1.82, 2.24) is 0 Å². The minimum absolute atomic E-state index is 0.302. The molecule has 0 spiro atoms. The number of nitriles is 1. The van der Waals surface area contributed by atoms with Crippen molar-refractivity contribution in [1.29, 1.82) is 5.26 Å². The van der Waals surface area contributed by atoms with Crippen molar-refractivity contribution in [3.63, 3.8) is 0 Å². The molecule has 0 unspecified atom stereocenters. The average molecular weight is 263 g/mol. The van der Waals surface area contributed by atoms with Crippen LogP contribution in [0.5, 0.6) is 0 Å². The predicted molar refractivity (Wildman–Crippen MR) is 77.9 cm³/mol. The van der Waals surface area contributed by atoms with Gasteiger partial charge in [0.1, 0.15) is 0 Å². The normalized spacial score (nSPS) is 10.9. The Morgan fingerprint density at radius 2 is 1.55 bits per heavy atom. The van der Waals surface area contributed by atoms with Crippen LogP contribution in [0.15, 0.2) is 54.1 Å². The number of carboxylic acid groups (broad SMARTS) is 1. The van der Waals surface area contributed by atoms with Crippen molar-refractivity contribution in [2.75, 3.05) is 0 Å². The molecule has 0 aliphatic heterocycles. The van der Waals surface area contributed by atoms with Gasteiger partial charge in [0, 0.05) is 5.57 Å². The molecule has 0 saturated carbocycles. The van der Waals surface area contributed by atoms with Gasteiger partial charge in [-0.05, 0) is 41.8 Å². The quantitative estimate of drug-likeness (QED) is 0.858. The van der Waals surface area contributed by atoms with Gasteiger partial charge in [-0.25, -0.2) is 4.79 Å². The maximum absolute atomic E-state index is 10.8. The lowest BCUT2D eigenvalue weighted by Gasteiger charge is -2.03. The number of carboxylic acids is 1. The highest BCUT2D eigenvalue weighted by Gasteiger charge is 2.01. The Balaban J connectivity index is 2.26. The number of hydrogen-bond donors (Lipinski definition) is 1. The summed E-state index contributed by atoms with van der Waals surface area (Å²) in [4.78, 5) is 10.8. The van der Waals surface area contributed by atoms with Crippen LogP contribution in [0.25, 0.3) is 17.2 Å². The molecule has 0 heterocycles. The number of nitrogens with zero attached hydrogens (tertiary/aromatic N) is 1. The van der Waals surface area contributed by atoms with Crippen LogP contribution >= 0.6 is 0 Å². The molecule has 2 aromatic carbocycles. The summed E-state index contributed by atoms with van der Waals surface area (Å²) in [6, 6.07) is 17.0. The van der Waals surface area contributed by atoms with E-state index in [1.807, 2.05) is 36.4 Å².